The first-order valence-electron chi connectivity index (χ1n) is 9.64. The summed E-state index contributed by atoms with van der Waals surface area (Å²) >= 11 is 3.59. The molecule has 0 amide bonds. The molecule has 0 aliphatic carbocycles. The smallest absolute Gasteiger partial charge is 0.145 e. The highest BCUT2D eigenvalue weighted by Crippen LogP contribution is 2.40. The summed E-state index contributed by atoms with van der Waals surface area (Å²) in [6.45, 7) is 3.54. The number of fused-ring (bicyclic) bond motifs is 1. The Labute approximate surface area is 173 Å². The van der Waals surface area contributed by atoms with Crippen LogP contribution in [0.3, 0.4) is 0 Å². The molecule has 3 aromatic rings. The average Bonchev–Trinajstić information content (AvgIpc) is 2.89. The molecule has 5 nitrogen and oxygen atoms in total. The summed E-state index contributed by atoms with van der Waals surface area (Å²) < 4.78 is 14.5. The molecule has 0 fully saturated rings. The van der Waals surface area contributed by atoms with Crippen molar-refractivity contribution in [3.63, 3.8) is 0 Å². The fourth-order valence-corrected chi connectivity index (χ4v) is 4.03. The Bertz CT molecular complexity index is 984. The first kappa shape index (κ1) is 18.9. The van der Waals surface area contributed by atoms with Crippen molar-refractivity contribution in [2.75, 3.05) is 25.6 Å². The molecule has 2 heterocycles. The third kappa shape index (κ3) is 3.49. The number of anilines is 1. The molecule has 0 radical (unpaired) electrons. The van der Waals surface area contributed by atoms with Crippen LogP contribution in [0.1, 0.15) is 25.3 Å². The molecule has 0 saturated carbocycles. The van der Waals surface area contributed by atoms with E-state index in [1.165, 1.54) is 5.56 Å². The van der Waals surface area contributed by atoms with Crippen molar-refractivity contribution >= 4 is 21.7 Å². The number of rotatable bonds is 5. The normalized spacial score (nSPS) is 13.4. The highest BCUT2D eigenvalue weighted by Gasteiger charge is 2.24. The van der Waals surface area contributed by atoms with Crippen LogP contribution >= 0.6 is 15.9 Å². The van der Waals surface area contributed by atoms with Gasteiger partial charge in [0, 0.05) is 22.1 Å². The van der Waals surface area contributed by atoms with E-state index < -0.39 is 0 Å². The van der Waals surface area contributed by atoms with Crippen LogP contribution in [0.15, 0.2) is 46.9 Å². The lowest BCUT2D eigenvalue weighted by Gasteiger charge is -2.13. The molecule has 1 aromatic heterocycles. The van der Waals surface area contributed by atoms with Gasteiger partial charge in [0.25, 0.3) is 0 Å². The summed E-state index contributed by atoms with van der Waals surface area (Å²) in [5.74, 6) is 2.69. The zero-order chi connectivity index (χ0) is 19.5. The number of para-hydroxylation sites is 2. The van der Waals surface area contributed by atoms with E-state index in [1.54, 1.807) is 7.11 Å². The van der Waals surface area contributed by atoms with E-state index in [0.29, 0.717) is 6.61 Å². The summed E-state index contributed by atoms with van der Waals surface area (Å²) in [5, 5.41) is 8.64. The van der Waals surface area contributed by atoms with E-state index in [-0.39, 0.29) is 0 Å². The van der Waals surface area contributed by atoms with Gasteiger partial charge in [-0.1, -0.05) is 28.1 Å². The Kier molecular flexibility index (Phi) is 5.57. The number of hydrogen-bond donors (Lipinski definition) is 1. The van der Waals surface area contributed by atoms with E-state index in [2.05, 4.69) is 27.3 Å². The van der Waals surface area contributed by atoms with Gasteiger partial charge in [-0.2, -0.15) is 5.10 Å². The first-order valence-corrected chi connectivity index (χ1v) is 10.4. The maximum absolute atomic E-state index is 5.87. The number of aromatic nitrogens is 2. The van der Waals surface area contributed by atoms with Crippen molar-refractivity contribution in [2.24, 2.45) is 0 Å². The Morgan fingerprint density at radius 2 is 2.00 bits per heavy atom. The third-order valence-corrected chi connectivity index (χ3v) is 5.43. The van der Waals surface area contributed by atoms with Gasteiger partial charge in [0.05, 0.1) is 13.7 Å². The molecule has 6 heteroatoms. The average molecular weight is 442 g/mol. The minimum Gasteiger partial charge on any atom is -0.496 e. The van der Waals surface area contributed by atoms with Gasteiger partial charge in [-0.15, -0.1) is 0 Å². The number of benzene rings is 2. The van der Waals surface area contributed by atoms with Crippen LogP contribution in [0.4, 0.5) is 5.82 Å². The molecule has 2 aromatic carbocycles. The van der Waals surface area contributed by atoms with Crippen molar-refractivity contribution in [3.8, 4) is 28.4 Å². The van der Waals surface area contributed by atoms with E-state index in [9.17, 15) is 0 Å². The van der Waals surface area contributed by atoms with Gasteiger partial charge >= 0.3 is 0 Å². The van der Waals surface area contributed by atoms with Crippen LogP contribution < -0.4 is 14.8 Å². The molecule has 1 aliphatic rings. The molecule has 0 unspecified atom stereocenters. The number of hydrogen-bond acceptors (Lipinski definition) is 4. The van der Waals surface area contributed by atoms with Gasteiger partial charge in [-0.25, -0.2) is 4.68 Å². The maximum atomic E-state index is 5.87. The van der Waals surface area contributed by atoms with Crippen LogP contribution in [0.2, 0.25) is 0 Å². The zero-order valence-electron chi connectivity index (χ0n) is 16.2. The quantitative estimate of drug-likeness (QED) is 0.570. The third-order valence-electron chi connectivity index (χ3n) is 4.94. The van der Waals surface area contributed by atoms with Gasteiger partial charge in [-0.3, -0.25) is 0 Å². The summed E-state index contributed by atoms with van der Waals surface area (Å²) in [5.41, 5.74) is 4.11. The first-order chi connectivity index (χ1) is 13.7. The maximum Gasteiger partial charge on any atom is 0.145 e. The lowest BCUT2D eigenvalue weighted by molar-refractivity contribution is 0.338. The second kappa shape index (κ2) is 8.27. The summed E-state index contributed by atoms with van der Waals surface area (Å²) in [4.78, 5) is 0. The number of ether oxygens (including phenoxy) is 2. The predicted molar refractivity (Wildman–Crippen MR) is 116 cm³/mol. The molecule has 0 atom stereocenters. The van der Waals surface area contributed by atoms with Crippen LogP contribution in [-0.2, 0) is 6.42 Å². The van der Waals surface area contributed by atoms with Gasteiger partial charge < -0.3 is 14.8 Å². The fraction of sp³-hybridized carbons (Fsp3) is 0.318. The molecule has 0 saturated heterocycles. The van der Waals surface area contributed by atoms with Gasteiger partial charge in [0.2, 0.25) is 0 Å². The van der Waals surface area contributed by atoms with Crippen molar-refractivity contribution in [2.45, 2.75) is 26.2 Å². The van der Waals surface area contributed by atoms with Crippen LogP contribution in [-0.4, -0.2) is 30.0 Å². The number of halogens is 1. The van der Waals surface area contributed by atoms with E-state index in [4.69, 9.17) is 14.6 Å². The minimum atomic E-state index is 0.611. The lowest BCUT2D eigenvalue weighted by Crippen LogP contribution is -2.08. The topological polar surface area (TPSA) is 48.3 Å². The van der Waals surface area contributed by atoms with E-state index in [0.717, 1.165) is 64.5 Å². The standard InChI is InChI=1S/C22H24BrN3O2/c1-3-28-20-10-5-4-9-18(20)26-22-16(8-6-7-13-24-22)21(25-26)17-14-15(23)11-12-19(17)27-2/h4-5,9-12,14,24H,3,6-8,13H2,1-2H3. The Morgan fingerprint density at radius 3 is 2.82 bits per heavy atom. The summed E-state index contributed by atoms with van der Waals surface area (Å²) in [6, 6.07) is 14.1. The van der Waals surface area contributed by atoms with E-state index >= 15 is 0 Å². The van der Waals surface area contributed by atoms with E-state index in [1.807, 2.05) is 48.0 Å². The van der Waals surface area contributed by atoms with Crippen molar-refractivity contribution in [1.29, 1.82) is 0 Å². The van der Waals surface area contributed by atoms with Gasteiger partial charge in [-0.05, 0) is 56.5 Å². The minimum absolute atomic E-state index is 0.611. The Balaban J connectivity index is 1.95. The molecule has 0 spiro atoms. The molecule has 28 heavy (non-hydrogen) atoms. The molecule has 1 aliphatic heterocycles. The SMILES string of the molecule is CCOc1ccccc1-n1nc(-c2cc(Br)ccc2OC)c2c1NCCCC2. The monoisotopic (exact) mass is 441 g/mol. The zero-order valence-corrected chi connectivity index (χ0v) is 17.8. The molecule has 4 rings (SSSR count). The summed E-state index contributed by atoms with van der Waals surface area (Å²) in [6.07, 6.45) is 3.24. The van der Waals surface area contributed by atoms with Crippen molar-refractivity contribution in [3.05, 3.63) is 52.5 Å². The number of nitrogens with one attached hydrogen (secondary N) is 1. The fourth-order valence-electron chi connectivity index (χ4n) is 3.67. The summed E-state index contributed by atoms with van der Waals surface area (Å²) in [7, 11) is 1.70. The van der Waals surface area contributed by atoms with Gasteiger partial charge in [0.1, 0.15) is 28.7 Å². The Hall–Kier alpha value is -2.47. The highest BCUT2D eigenvalue weighted by molar-refractivity contribution is 9.10. The van der Waals surface area contributed by atoms with Crippen molar-refractivity contribution in [1.82, 2.24) is 9.78 Å². The second-order valence-corrected chi connectivity index (χ2v) is 7.63. The molecular formula is C22H24BrN3O2. The van der Waals surface area contributed by atoms with Crippen LogP contribution in [0.5, 0.6) is 11.5 Å². The lowest BCUT2D eigenvalue weighted by atomic mass is 10.0. The molecule has 0 bridgehead atoms. The molecule has 146 valence electrons. The largest absolute Gasteiger partial charge is 0.496 e. The number of methoxy groups -OCH3 is 1. The Morgan fingerprint density at radius 1 is 1.14 bits per heavy atom. The molecular weight excluding hydrogens is 418 g/mol. The highest BCUT2D eigenvalue weighted by atomic mass is 79.9. The second-order valence-electron chi connectivity index (χ2n) is 6.72. The number of nitrogens with zero attached hydrogens (tertiary/aromatic N) is 2. The predicted octanol–water partition coefficient (Wildman–Crippen LogP) is 5.46. The van der Waals surface area contributed by atoms with Crippen molar-refractivity contribution < 1.29 is 9.47 Å². The van der Waals surface area contributed by atoms with Crippen LogP contribution in [0, 0.1) is 0 Å². The molecule has 1 N–H and O–H groups in total. The van der Waals surface area contributed by atoms with Crippen LogP contribution in [0.25, 0.3) is 16.9 Å². The van der Waals surface area contributed by atoms with Gasteiger partial charge in [0.15, 0.2) is 0 Å².